The van der Waals surface area contributed by atoms with E-state index >= 15 is 0 Å². The number of aromatic carboxylic acids is 1. The van der Waals surface area contributed by atoms with E-state index in [1.807, 2.05) is 0 Å². The van der Waals surface area contributed by atoms with E-state index < -0.39 is 11.8 Å². The van der Waals surface area contributed by atoms with Gasteiger partial charge in [0.15, 0.2) is 0 Å². The van der Waals surface area contributed by atoms with Gasteiger partial charge in [-0.2, -0.15) is 11.8 Å². The van der Waals surface area contributed by atoms with E-state index in [4.69, 9.17) is 0 Å². The summed E-state index contributed by atoms with van der Waals surface area (Å²) in [5.74, 6) is 0.157. The summed E-state index contributed by atoms with van der Waals surface area (Å²) in [5.41, 5.74) is 2.22. The molecule has 1 N–H and O–H groups in total. The molecule has 0 aliphatic carbocycles. The number of benzene rings is 1. The number of carbonyl (C=O) groups is 1. The summed E-state index contributed by atoms with van der Waals surface area (Å²) in [6, 6.07) is 2.79. The molecule has 2 aromatic rings. The van der Waals surface area contributed by atoms with Gasteiger partial charge in [0, 0.05) is 22.9 Å². The summed E-state index contributed by atoms with van der Waals surface area (Å²) in [6.45, 7) is 0. The Hall–Kier alpha value is -1.14. The van der Waals surface area contributed by atoms with Crippen molar-refractivity contribution in [3.63, 3.8) is 0 Å². The fourth-order valence-corrected chi connectivity index (χ4v) is 3.64. The second kappa shape index (κ2) is 4.76. The zero-order valence-electron chi connectivity index (χ0n) is 9.74. The first-order valence-corrected chi connectivity index (χ1v) is 7.64. The Bertz CT molecular complexity index is 705. The number of hydrogen-bond acceptors (Lipinski definition) is 3. The van der Waals surface area contributed by atoms with Crippen molar-refractivity contribution in [2.24, 2.45) is 0 Å². The number of thioether (sulfide) groups is 1. The maximum atomic E-state index is 13.6. The lowest BCUT2D eigenvalue weighted by Gasteiger charge is -2.18. The van der Waals surface area contributed by atoms with Crippen molar-refractivity contribution < 1.29 is 14.3 Å². The number of nitrogens with zero attached hydrogens (tertiary/aromatic N) is 1. The van der Waals surface area contributed by atoms with Crippen LogP contribution in [-0.4, -0.2) is 21.8 Å². The fraction of sp³-hybridized carbons (Fsp3) is 0.231. The summed E-state index contributed by atoms with van der Waals surface area (Å²) in [7, 11) is 0. The number of aryl methyl sites for hydroxylation is 1. The SMILES string of the molecule is O=C(O)c1c2c(nc3cc(F)c(Br)cc13)CCSC2. The van der Waals surface area contributed by atoms with Gasteiger partial charge in [-0.1, -0.05) is 0 Å². The molecule has 0 spiro atoms. The van der Waals surface area contributed by atoms with Crippen molar-refractivity contribution in [1.82, 2.24) is 4.98 Å². The summed E-state index contributed by atoms with van der Waals surface area (Å²) < 4.78 is 13.8. The first-order chi connectivity index (χ1) is 9.08. The van der Waals surface area contributed by atoms with Gasteiger partial charge in [0.05, 0.1) is 15.6 Å². The highest BCUT2D eigenvalue weighted by Gasteiger charge is 2.23. The second-order valence-electron chi connectivity index (χ2n) is 4.30. The standard InChI is InChI=1S/C13H9BrFNO2S/c14-8-3-6-11(4-9(8)15)16-10-1-2-19-5-7(10)12(6)13(17)18/h3-4H,1-2,5H2,(H,17,18). The molecule has 1 aromatic carbocycles. The van der Waals surface area contributed by atoms with Gasteiger partial charge in [0.25, 0.3) is 0 Å². The first kappa shape index (κ1) is 12.9. The van der Waals surface area contributed by atoms with Crippen LogP contribution in [0.15, 0.2) is 16.6 Å². The van der Waals surface area contributed by atoms with Gasteiger partial charge in [0.1, 0.15) is 5.82 Å². The minimum Gasteiger partial charge on any atom is -0.478 e. The molecule has 98 valence electrons. The molecule has 19 heavy (non-hydrogen) atoms. The molecule has 1 aromatic heterocycles. The number of halogens is 2. The van der Waals surface area contributed by atoms with Gasteiger partial charge in [-0.05, 0) is 39.7 Å². The van der Waals surface area contributed by atoms with E-state index in [1.54, 1.807) is 11.8 Å². The van der Waals surface area contributed by atoms with Gasteiger partial charge in [-0.25, -0.2) is 9.18 Å². The van der Waals surface area contributed by atoms with Crippen LogP contribution >= 0.6 is 27.7 Å². The Balaban J connectivity index is 2.42. The van der Waals surface area contributed by atoms with Gasteiger partial charge >= 0.3 is 5.97 Å². The van der Waals surface area contributed by atoms with E-state index in [1.165, 1.54) is 12.1 Å². The largest absolute Gasteiger partial charge is 0.478 e. The summed E-state index contributed by atoms with van der Waals surface area (Å²) >= 11 is 4.79. The molecule has 0 bridgehead atoms. The third-order valence-electron chi connectivity index (χ3n) is 3.16. The molecule has 0 atom stereocenters. The van der Waals surface area contributed by atoms with E-state index in [-0.39, 0.29) is 10.0 Å². The molecular weight excluding hydrogens is 333 g/mol. The Labute approximate surface area is 121 Å². The van der Waals surface area contributed by atoms with Crippen LogP contribution in [0.4, 0.5) is 4.39 Å². The quantitative estimate of drug-likeness (QED) is 0.860. The molecule has 6 heteroatoms. The van der Waals surface area contributed by atoms with Crippen molar-refractivity contribution >= 4 is 44.6 Å². The Kier molecular flexibility index (Phi) is 3.22. The summed E-state index contributed by atoms with van der Waals surface area (Å²) in [4.78, 5) is 16.0. The van der Waals surface area contributed by atoms with Crippen molar-refractivity contribution in [2.45, 2.75) is 12.2 Å². The van der Waals surface area contributed by atoms with Crippen molar-refractivity contribution in [2.75, 3.05) is 5.75 Å². The molecule has 2 heterocycles. The van der Waals surface area contributed by atoms with E-state index in [0.29, 0.717) is 16.7 Å². The number of rotatable bonds is 1. The van der Waals surface area contributed by atoms with Crippen molar-refractivity contribution in [3.05, 3.63) is 39.2 Å². The number of carboxylic acid groups (broad SMARTS) is 1. The Morgan fingerprint density at radius 1 is 1.47 bits per heavy atom. The summed E-state index contributed by atoms with van der Waals surface area (Å²) in [5, 5.41) is 9.94. The predicted molar refractivity (Wildman–Crippen MR) is 76.2 cm³/mol. The second-order valence-corrected chi connectivity index (χ2v) is 6.26. The van der Waals surface area contributed by atoms with Gasteiger partial charge < -0.3 is 5.11 Å². The van der Waals surface area contributed by atoms with Gasteiger partial charge in [-0.3, -0.25) is 4.98 Å². The highest BCUT2D eigenvalue weighted by molar-refractivity contribution is 9.10. The highest BCUT2D eigenvalue weighted by atomic mass is 79.9. The molecular formula is C13H9BrFNO2S. The Morgan fingerprint density at radius 3 is 3.00 bits per heavy atom. The van der Waals surface area contributed by atoms with Gasteiger partial charge in [0.2, 0.25) is 0 Å². The van der Waals surface area contributed by atoms with Crippen LogP contribution in [0.5, 0.6) is 0 Å². The maximum Gasteiger partial charge on any atom is 0.336 e. The molecule has 3 nitrogen and oxygen atoms in total. The average molecular weight is 342 g/mol. The number of aromatic nitrogens is 1. The minimum atomic E-state index is -0.982. The molecule has 0 radical (unpaired) electrons. The number of carboxylic acids is 1. The monoisotopic (exact) mass is 341 g/mol. The van der Waals surface area contributed by atoms with E-state index in [2.05, 4.69) is 20.9 Å². The lowest BCUT2D eigenvalue weighted by molar-refractivity contribution is 0.0698. The summed E-state index contributed by atoms with van der Waals surface area (Å²) in [6.07, 6.45) is 0.730. The molecule has 3 rings (SSSR count). The normalized spacial score (nSPS) is 14.4. The molecule has 0 unspecified atom stereocenters. The average Bonchev–Trinajstić information content (AvgIpc) is 2.37. The maximum absolute atomic E-state index is 13.6. The van der Waals surface area contributed by atoms with E-state index in [9.17, 15) is 14.3 Å². The van der Waals surface area contributed by atoms with Crippen molar-refractivity contribution in [1.29, 1.82) is 0 Å². The van der Waals surface area contributed by atoms with Crippen LogP contribution in [0.3, 0.4) is 0 Å². The number of hydrogen-bond donors (Lipinski definition) is 1. The number of pyridine rings is 1. The molecule has 0 fully saturated rings. The lowest BCUT2D eigenvalue weighted by atomic mass is 10.00. The van der Waals surface area contributed by atoms with Crippen molar-refractivity contribution in [3.8, 4) is 0 Å². The van der Waals surface area contributed by atoms with Crippen LogP contribution in [0.25, 0.3) is 10.9 Å². The van der Waals surface area contributed by atoms with E-state index in [0.717, 1.165) is 23.4 Å². The molecule has 0 amide bonds. The smallest absolute Gasteiger partial charge is 0.336 e. The molecule has 1 aliphatic heterocycles. The number of fused-ring (bicyclic) bond motifs is 2. The van der Waals surface area contributed by atoms with Crippen LogP contribution in [0, 0.1) is 5.82 Å². The molecule has 0 saturated heterocycles. The topological polar surface area (TPSA) is 50.2 Å². The zero-order chi connectivity index (χ0) is 13.6. The van der Waals surface area contributed by atoms with Crippen LogP contribution in [-0.2, 0) is 12.2 Å². The molecule has 0 saturated carbocycles. The zero-order valence-corrected chi connectivity index (χ0v) is 12.1. The highest BCUT2D eigenvalue weighted by Crippen LogP contribution is 2.33. The molecule has 1 aliphatic rings. The minimum absolute atomic E-state index is 0.257. The fourth-order valence-electron chi connectivity index (χ4n) is 2.30. The Morgan fingerprint density at radius 2 is 2.26 bits per heavy atom. The third-order valence-corrected chi connectivity index (χ3v) is 4.75. The third kappa shape index (κ3) is 2.12. The van der Waals surface area contributed by atoms with Crippen LogP contribution in [0.1, 0.15) is 21.6 Å². The van der Waals surface area contributed by atoms with Crippen LogP contribution in [0.2, 0.25) is 0 Å². The van der Waals surface area contributed by atoms with Gasteiger partial charge in [-0.15, -0.1) is 0 Å². The first-order valence-electron chi connectivity index (χ1n) is 5.69. The predicted octanol–water partition coefficient (Wildman–Crippen LogP) is 3.62. The van der Waals surface area contributed by atoms with Crippen LogP contribution < -0.4 is 0 Å². The lowest BCUT2D eigenvalue weighted by Crippen LogP contribution is -2.13.